The number of anilines is 2. The fraction of sp³-hybridized carbons (Fsp3) is 0.231. The van der Waals surface area contributed by atoms with E-state index < -0.39 is 0 Å². The van der Waals surface area contributed by atoms with Crippen molar-refractivity contribution >= 4 is 44.0 Å². The minimum Gasteiger partial charge on any atom is -0.329 e. The molecule has 0 bridgehead atoms. The third kappa shape index (κ3) is 2.43. The second-order valence-corrected chi connectivity index (χ2v) is 5.74. The maximum atomic E-state index is 5.97. The van der Waals surface area contributed by atoms with Crippen LogP contribution in [0.15, 0.2) is 24.4 Å². The summed E-state index contributed by atoms with van der Waals surface area (Å²) in [5.74, 6) is 0. The fourth-order valence-electron chi connectivity index (χ4n) is 1.97. The summed E-state index contributed by atoms with van der Waals surface area (Å²) in [5, 5.41) is 9.31. The van der Waals surface area contributed by atoms with Crippen LogP contribution in [-0.4, -0.2) is 14.8 Å². The Bertz CT molecular complexity index is 731. The lowest BCUT2D eigenvalue weighted by molar-refractivity contribution is 0.746. The number of hydrogen-bond donors (Lipinski definition) is 1. The molecule has 0 spiro atoms. The smallest absolute Gasteiger partial charge is 0.188 e. The minimum absolute atomic E-state index is 0.708. The second kappa shape index (κ2) is 4.83. The molecule has 2 aromatic heterocycles. The topological polar surface area (TPSA) is 42.7 Å². The number of hydrogen-bond acceptors (Lipinski definition) is 4. The molecule has 0 aliphatic heterocycles. The minimum atomic E-state index is 0.708. The Morgan fingerprint density at radius 1 is 1.42 bits per heavy atom. The lowest BCUT2D eigenvalue weighted by Crippen LogP contribution is -1.92. The van der Waals surface area contributed by atoms with Crippen LogP contribution >= 0.6 is 22.9 Å². The number of aryl methyl sites for hydroxylation is 2. The van der Waals surface area contributed by atoms with Gasteiger partial charge in [0.25, 0.3) is 0 Å². The number of fused-ring (bicyclic) bond motifs is 1. The van der Waals surface area contributed by atoms with Gasteiger partial charge in [0.1, 0.15) is 0 Å². The summed E-state index contributed by atoms with van der Waals surface area (Å²) in [6.45, 7) is 2.09. The van der Waals surface area contributed by atoms with Crippen molar-refractivity contribution in [3.63, 3.8) is 0 Å². The highest BCUT2D eigenvalue weighted by molar-refractivity contribution is 7.22. The van der Waals surface area contributed by atoms with Gasteiger partial charge in [-0.3, -0.25) is 4.68 Å². The van der Waals surface area contributed by atoms with Gasteiger partial charge in [0, 0.05) is 18.3 Å². The van der Waals surface area contributed by atoms with Gasteiger partial charge < -0.3 is 5.32 Å². The van der Waals surface area contributed by atoms with Crippen molar-refractivity contribution in [3.8, 4) is 0 Å². The van der Waals surface area contributed by atoms with Crippen LogP contribution in [0.1, 0.15) is 12.6 Å². The molecule has 0 unspecified atom stereocenters. The Kier molecular flexibility index (Phi) is 3.16. The van der Waals surface area contributed by atoms with Gasteiger partial charge in [-0.1, -0.05) is 29.9 Å². The van der Waals surface area contributed by atoms with Crippen LogP contribution in [0, 0.1) is 0 Å². The predicted octanol–water partition coefficient (Wildman–Crippen LogP) is 3.99. The molecule has 0 radical (unpaired) electrons. The van der Waals surface area contributed by atoms with E-state index in [4.69, 9.17) is 11.6 Å². The third-order valence-corrected chi connectivity index (χ3v) is 4.02. The van der Waals surface area contributed by atoms with Gasteiger partial charge in [-0.2, -0.15) is 5.10 Å². The lowest BCUT2D eigenvalue weighted by Gasteiger charge is -1.99. The summed E-state index contributed by atoms with van der Waals surface area (Å²) in [4.78, 5) is 4.54. The standard InChI is InChI=1S/C13H13ClN4S/c1-3-9-11(7-18(2)17-9)16-13-15-10-6-8(14)4-5-12(10)19-13/h4-7H,3H2,1-2H3,(H,15,16). The van der Waals surface area contributed by atoms with Crippen molar-refractivity contribution in [2.45, 2.75) is 13.3 Å². The summed E-state index contributed by atoms with van der Waals surface area (Å²) in [6.07, 6.45) is 2.86. The lowest BCUT2D eigenvalue weighted by atomic mass is 10.3. The number of nitrogens with one attached hydrogen (secondary N) is 1. The third-order valence-electron chi connectivity index (χ3n) is 2.83. The monoisotopic (exact) mass is 292 g/mol. The van der Waals surface area contributed by atoms with Crippen LogP contribution in [0.25, 0.3) is 10.2 Å². The molecule has 0 aliphatic carbocycles. The Labute approximate surface area is 120 Å². The highest BCUT2D eigenvalue weighted by Crippen LogP contribution is 2.30. The van der Waals surface area contributed by atoms with Gasteiger partial charge in [-0.25, -0.2) is 4.98 Å². The quantitative estimate of drug-likeness (QED) is 0.794. The first-order valence-electron chi connectivity index (χ1n) is 6.01. The van der Waals surface area contributed by atoms with E-state index in [0.29, 0.717) is 5.02 Å². The van der Waals surface area contributed by atoms with Crippen LogP contribution in [0.2, 0.25) is 5.02 Å². The maximum Gasteiger partial charge on any atom is 0.188 e. The molecule has 1 aromatic carbocycles. The summed E-state index contributed by atoms with van der Waals surface area (Å²) < 4.78 is 2.93. The van der Waals surface area contributed by atoms with Crippen molar-refractivity contribution in [2.24, 2.45) is 7.05 Å². The van der Waals surface area contributed by atoms with Crippen molar-refractivity contribution < 1.29 is 0 Å². The molecule has 0 saturated heterocycles. The van der Waals surface area contributed by atoms with Gasteiger partial charge in [0.15, 0.2) is 5.13 Å². The molecular weight excluding hydrogens is 280 g/mol. The Hall–Kier alpha value is -1.59. The van der Waals surface area contributed by atoms with Crippen LogP contribution < -0.4 is 5.32 Å². The second-order valence-electron chi connectivity index (χ2n) is 4.27. The van der Waals surface area contributed by atoms with E-state index in [-0.39, 0.29) is 0 Å². The molecule has 3 aromatic rings. The van der Waals surface area contributed by atoms with E-state index >= 15 is 0 Å². The zero-order chi connectivity index (χ0) is 13.4. The number of rotatable bonds is 3. The number of halogens is 1. The largest absolute Gasteiger partial charge is 0.329 e. The van der Waals surface area contributed by atoms with E-state index in [0.717, 1.165) is 33.2 Å². The molecule has 3 rings (SSSR count). The van der Waals surface area contributed by atoms with E-state index in [9.17, 15) is 0 Å². The molecule has 6 heteroatoms. The molecule has 4 nitrogen and oxygen atoms in total. The summed E-state index contributed by atoms with van der Waals surface area (Å²) >= 11 is 7.58. The molecule has 0 fully saturated rings. The van der Waals surface area contributed by atoms with E-state index in [1.165, 1.54) is 0 Å². The highest BCUT2D eigenvalue weighted by Gasteiger charge is 2.09. The number of nitrogens with zero attached hydrogens (tertiary/aromatic N) is 3. The molecule has 0 atom stereocenters. The maximum absolute atomic E-state index is 5.97. The SMILES string of the molecule is CCc1nn(C)cc1Nc1nc2cc(Cl)ccc2s1. The molecule has 0 amide bonds. The van der Waals surface area contributed by atoms with Gasteiger partial charge >= 0.3 is 0 Å². The molecular formula is C13H13ClN4S. The van der Waals surface area contributed by atoms with Gasteiger partial charge in [0.2, 0.25) is 0 Å². The van der Waals surface area contributed by atoms with Crippen molar-refractivity contribution in [3.05, 3.63) is 35.1 Å². The van der Waals surface area contributed by atoms with Crippen molar-refractivity contribution in [1.82, 2.24) is 14.8 Å². The van der Waals surface area contributed by atoms with E-state index in [1.54, 1.807) is 11.3 Å². The number of thiazole rings is 1. The highest BCUT2D eigenvalue weighted by atomic mass is 35.5. The molecule has 1 N–H and O–H groups in total. The van der Waals surface area contributed by atoms with Crippen LogP contribution in [0.3, 0.4) is 0 Å². The van der Waals surface area contributed by atoms with Crippen molar-refractivity contribution in [2.75, 3.05) is 5.32 Å². The first-order valence-corrected chi connectivity index (χ1v) is 7.21. The number of benzene rings is 1. The van der Waals surface area contributed by atoms with E-state index in [1.807, 2.05) is 36.1 Å². The zero-order valence-electron chi connectivity index (χ0n) is 10.6. The molecule has 19 heavy (non-hydrogen) atoms. The first-order chi connectivity index (χ1) is 9.15. The van der Waals surface area contributed by atoms with Gasteiger partial charge in [-0.05, 0) is 24.6 Å². The molecule has 0 aliphatic rings. The van der Waals surface area contributed by atoms with Crippen LogP contribution in [0.4, 0.5) is 10.8 Å². The summed E-state index contributed by atoms with van der Waals surface area (Å²) in [5.41, 5.74) is 2.97. The van der Waals surface area contributed by atoms with Gasteiger partial charge in [0.05, 0.1) is 21.6 Å². The Balaban J connectivity index is 1.96. The van der Waals surface area contributed by atoms with Crippen LogP contribution in [0.5, 0.6) is 0 Å². The first kappa shape index (κ1) is 12.4. The molecule has 0 saturated carbocycles. The Morgan fingerprint density at radius 3 is 3.05 bits per heavy atom. The van der Waals surface area contributed by atoms with Gasteiger partial charge in [-0.15, -0.1) is 0 Å². The normalized spacial score (nSPS) is 11.1. The zero-order valence-corrected chi connectivity index (χ0v) is 12.2. The molecule has 2 heterocycles. The summed E-state index contributed by atoms with van der Waals surface area (Å²) in [6, 6.07) is 5.75. The average Bonchev–Trinajstić information content (AvgIpc) is 2.92. The van der Waals surface area contributed by atoms with Crippen LogP contribution in [-0.2, 0) is 13.5 Å². The average molecular weight is 293 g/mol. The van der Waals surface area contributed by atoms with Crippen molar-refractivity contribution in [1.29, 1.82) is 0 Å². The molecule has 98 valence electrons. The van der Waals surface area contributed by atoms with E-state index in [2.05, 4.69) is 22.3 Å². The predicted molar refractivity (Wildman–Crippen MR) is 80.5 cm³/mol. The number of aromatic nitrogens is 3. The fourth-order valence-corrected chi connectivity index (χ4v) is 2.99. The Morgan fingerprint density at radius 2 is 2.26 bits per heavy atom. The summed E-state index contributed by atoms with van der Waals surface area (Å²) in [7, 11) is 1.92.